The standard InChI is InChI=1S/C24H26FN5O2/c1-15-7-8-17(14-30(15)16(2)31)24-28-22(18-9-21(32-3)13-26-12-18)11-23(29-24)27-20-6-4-5-19(25)10-20/h4-6,9-13,15,17H,7-8,14H2,1-3H3,(H,27,28,29). The number of hydrogen-bond acceptors (Lipinski definition) is 6. The Morgan fingerprint density at radius 2 is 2.03 bits per heavy atom. The third-order valence-electron chi connectivity index (χ3n) is 5.74. The van der Waals surface area contributed by atoms with E-state index >= 15 is 0 Å². The highest BCUT2D eigenvalue weighted by atomic mass is 19.1. The van der Waals surface area contributed by atoms with Gasteiger partial charge in [0.05, 0.1) is 19.0 Å². The van der Waals surface area contributed by atoms with Crippen LogP contribution in [0.1, 0.15) is 38.4 Å². The van der Waals surface area contributed by atoms with Gasteiger partial charge in [0, 0.05) is 48.9 Å². The van der Waals surface area contributed by atoms with Crippen LogP contribution in [0.2, 0.25) is 0 Å². The van der Waals surface area contributed by atoms with Crippen molar-refractivity contribution in [2.24, 2.45) is 0 Å². The molecule has 0 saturated carbocycles. The minimum atomic E-state index is -0.333. The number of carbonyl (C=O) groups is 1. The Bertz CT molecular complexity index is 1120. The number of ether oxygens (including phenoxy) is 1. The minimum absolute atomic E-state index is 0.00155. The number of nitrogens with one attached hydrogen (secondary N) is 1. The van der Waals surface area contributed by atoms with E-state index in [0.29, 0.717) is 35.3 Å². The fourth-order valence-electron chi connectivity index (χ4n) is 4.00. The van der Waals surface area contributed by atoms with E-state index in [0.717, 1.165) is 18.4 Å². The van der Waals surface area contributed by atoms with E-state index in [2.05, 4.69) is 17.2 Å². The maximum atomic E-state index is 13.7. The van der Waals surface area contributed by atoms with Crippen LogP contribution in [0.3, 0.4) is 0 Å². The summed E-state index contributed by atoms with van der Waals surface area (Å²) in [6.45, 7) is 4.22. The molecule has 2 aromatic heterocycles. The Morgan fingerprint density at radius 1 is 1.19 bits per heavy atom. The molecular weight excluding hydrogens is 409 g/mol. The highest BCUT2D eigenvalue weighted by Crippen LogP contribution is 2.32. The Balaban J connectivity index is 1.74. The second kappa shape index (κ2) is 9.30. The maximum absolute atomic E-state index is 13.7. The van der Waals surface area contributed by atoms with Crippen LogP contribution in [0, 0.1) is 5.82 Å². The molecule has 4 rings (SSSR count). The second-order valence-electron chi connectivity index (χ2n) is 8.04. The Morgan fingerprint density at radius 3 is 2.78 bits per heavy atom. The van der Waals surface area contributed by atoms with Gasteiger partial charge < -0.3 is 15.0 Å². The van der Waals surface area contributed by atoms with Gasteiger partial charge in [-0.15, -0.1) is 0 Å². The molecule has 8 heteroatoms. The Kier molecular flexibility index (Phi) is 6.30. The van der Waals surface area contributed by atoms with Gasteiger partial charge in [0.15, 0.2) is 0 Å². The van der Waals surface area contributed by atoms with Crippen LogP contribution in [0.5, 0.6) is 5.75 Å². The van der Waals surface area contributed by atoms with Crippen molar-refractivity contribution in [3.05, 3.63) is 60.4 Å². The number of methoxy groups -OCH3 is 1. The zero-order chi connectivity index (χ0) is 22.7. The number of anilines is 2. The van der Waals surface area contributed by atoms with Crippen molar-refractivity contribution in [3.8, 4) is 17.0 Å². The third-order valence-corrected chi connectivity index (χ3v) is 5.74. The summed E-state index contributed by atoms with van der Waals surface area (Å²) in [6.07, 6.45) is 5.10. The molecule has 1 aliphatic heterocycles. The summed E-state index contributed by atoms with van der Waals surface area (Å²) < 4.78 is 19.0. The molecule has 166 valence electrons. The molecular formula is C24H26FN5O2. The molecule has 1 aliphatic rings. The van der Waals surface area contributed by atoms with Crippen molar-refractivity contribution < 1.29 is 13.9 Å². The molecule has 32 heavy (non-hydrogen) atoms. The van der Waals surface area contributed by atoms with E-state index in [9.17, 15) is 9.18 Å². The van der Waals surface area contributed by atoms with Crippen molar-refractivity contribution >= 4 is 17.4 Å². The molecule has 0 aliphatic carbocycles. The number of amides is 1. The van der Waals surface area contributed by atoms with Crippen LogP contribution in [-0.2, 0) is 4.79 Å². The van der Waals surface area contributed by atoms with Crippen LogP contribution < -0.4 is 10.1 Å². The number of piperidine rings is 1. The summed E-state index contributed by atoms with van der Waals surface area (Å²) in [4.78, 5) is 27.8. The average Bonchev–Trinajstić information content (AvgIpc) is 2.79. The number of halogens is 1. The molecule has 3 aromatic rings. The molecule has 1 aromatic carbocycles. The number of rotatable bonds is 5. The van der Waals surface area contributed by atoms with Crippen molar-refractivity contribution in [2.45, 2.75) is 38.6 Å². The second-order valence-corrected chi connectivity index (χ2v) is 8.04. The lowest BCUT2D eigenvalue weighted by Crippen LogP contribution is -2.44. The van der Waals surface area contributed by atoms with Crippen LogP contribution in [0.15, 0.2) is 48.8 Å². The monoisotopic (exact) mass is 435 g/mol. The van der Waals surface area contributed by atoms with Gasteiger partial charge in [-0.1, -0.05) is 6.07 Å². The molecule has 0 bridgehead atoms. The molecule has 1 saturated heterocycles. The number of pyridine rings is 1. The Labute approximate surface area is 186 Å². The quantitative estimate of drug-likeness (QED) is 0.634. The fourth-order valence-corrected chi connectivity index (χ4v) is 4.00. The van der Waals surface area contributed by atoms with E-state index in [1.165, 1.54) is 12.1 Å². The third kappa shape index (κ3) is 4.85. The summed E-state index contributed by atoms with van der Waals surface area (Å²) >= 11 is 0. The van der Waals surface area contributed by atoms with Gasteiger partial charge in [-0.3, -0.25) is 9.78 Å². The lowest BCUT2D eigenvalue weighted by atomic mass is 9.92. The van der Waals surface area contributed by atoms with Crippen LogP contribution in [0.4, 0.5) is 15.9 Å². The number of nitrogens with zero attached hydrogens (tertiary/aromatic N) is 4. The number of carbonyl (C=O) groups excluding carboxylic acids is 1. The molecule has 1 N–H and O–H groups in total. The van der Waals surface area contributed by atoms with Gasteiger partial charge in [-0.2, -0.15) is 0 Å². The molecule has 0 radical (unpaired) electrons. The van der Waals surface area contributed by atoms with Crippen LogP contribution >= 0.6 is 0 Å². The predicted octanol–water partition coefficient (Wildman–Crippen LogP) is 4.54. The van der Waals surface area contributed by atoms with Gasteiger partial charge in [0.1, 0.15) is 23.2 Å². The lowest BCUT2D eigenvalue weighted by Gasteiger charge is -2.37. The SMILES string of the molecule is COc1cncc(-c2cc(Nc3cccc(F)c3)nc(C3CCC(C)N(C(C)=O)C3)n2)c1. The van der Waals surface area contributed by atoms with Crippen LogP contribution in [-0.4, -0.2) is 45.5 Å². The molecule has 0 spiro atoms. The van der Waals surface area contributed by atoms with E-state index in [-0.39, 0.29) is 23.7 Å². The summed E-state index contributed by atoms with van der Waals surface area (Å²) in [5, 5.41) is 3.18. The van der Waals surface area contributed by atoms with E-state index in [1.807, 2.05) is 11.0 Å². The normalized spacial score (nSPS) is 18.3. The molecule has 2 atom stereocenters. The smallest absolute Gasteiger partial charge is 0.219 e. The van der Waals surface area contributed by atoms with Crippen molar-refractivity contribution in [3.63, 3.8) is 0 Å². The van der Waals surface area contributed by atoms with Gasteiger partial charge in [-0.05, 0) is 44.0 Å². The summed E-state index contributed by atoms with van der Waals surface area (Å²) in [5.41, 5.74) is 2.04. The molecule has 1 fully saturated rings. The number of hydrogen-bond donors (Lipinski definition) is 1. The summed E-state index contributed by atoms with van der Waals surface area (Å²) in [6, 6.07) is 10.1. The zero-order valence-corrected chi connectivity index (χ0v) is 18.4. The topological polar surface area (TPSA) is 80.2 Å². The largest absolute Gasteiger partial charge is 0.495 e. The maximum Gasteiger partial charge on any atom is 0.219 e. The van der Waals surface area contributed by atoms with Gasteiger partial charge >= 0.3 is 0 Å². The van der Waals surface area contributed by atoms with Crippen molar-refractivity contribution in [1.29, 1.82) is 0 Å². The lowest BCUT2D eigenvalue weighted by molar-refractivity contribution is -0.132. The predicted molar refractivity (Wildman–Crippen MR) is 120 cm³/mol. The van der Waals surface area contributed by atoms with Crippen molar-refractivity contribution in [1.82, 2.24) is 19.9 Å². The van der Waals surface area contributed by atoms with Crippen LogP contribution in [0.25, 0.3) is 11.3 Å². The summed E-state index contributed by atoms with van der Waals surface area (Å²) in [7, 11) is 1.59. The van der Waals surface area contributed by atoms with Gasteiger partial charge in [0.25, 0.3) is 0 Å². The van der Waals surface area contributed by atoms with Crippen molar-refractivity contribution in [2.75, 3.05) is 19.0 Å². The first-order chi connectivity index (χ1) is 15.4. The van der Waals surface area contributed by atoms with Gasteiger partial charge in [0.2, 0.25) is 5.91 Å². The zero-order valence-electron chi connectivity index (χ0n) is 18.4. The highest BCUT2D eigenvalue weighted by Gasteiger charge is 2.30. The average molecular weight is 436 g/mol. The number of benzene rings is 1. The fraction of sp³-hybridized carbons (Fsp3) is 0.333. The summed E-state index contributed by atoms with van der Waals surface area (Å²) in [5.74, 6) is 1.53. The molecule has 1 amide bonds. The number of likely N-dealkylation sites (tertiary alicyclic amines) is 1. The first-order valence-electron chi connectivity index (χ1n) is 10.6. The first kappa shape index (κ1) is 21.7. The minimum Gasteiger partial charge on any atom is -0.495 e. The first-order valence-corrected chi connectivity index (χ1v) is 10.6. The van der Waals surface area contributed by atoms with E-state index in [4.69, 9.17) is 14.7 Å². The molecule has 2 unspecified atom stereocenters. The molecule has 7 nitrogen and oxygen atoms in total. The number of aromatic nitrogens is 3. The molecule has 3 heterocycles. The Hall–Kier alpha value is -3.55. The van der Waals surface area contributed by atoms with Gasteiger partial charge in [-0.25, -0.2) is 14.4 Å². The van der Waals surface area contributed by atoms with E-state index < -0.39 is 0 Å². The highest BCUT2D eigenvalue weighted by molar-refractivity contribution is 5.74. The van der Waals surface area contributed by atoms with E-state index in [1.54, 1.807) is 44.6 Å².